The Balaban J connectivity index is 1.83. The van der Waals surface area contributed by atoms with E-state index < -0.39 is 24.5 Å². The van der Waals surface area contributed by atoms with E-state index >= 15 is 0 Å². The molecular weight excluding hydrogens is 386 g/mol. The smallest absolute Gasteiger partial charge is 0.166 e. The van der Waals surface area contributed by atoms with Crippen LogP contribution in [-0.2, 0) is 4.74 Å². The van der Waals surface area contributed by atoms with Gasteiger partial charge in [-0.2, -0.15) is 0 Å². The largest absolute Gasteiger partial charge is 0.394 e. The van der Waals surface area contributed by atoms with Crippen LogP contribution in [0.15, 0.2) is 0 Å². The summed E-state index contributed by atoms with van der Waals surface area (Å²) in [7, 11) is 0. The second-order valence-electron chi connectivity index (χ2n) is 8.92. The molecule has 30 heavy (non-hydrogen) atoms. The molecular formula is C21H37N5O4. The monoisotopic (exact) mass is 423 g/mol. The fourth-order valence-electron chi connectivity index (χ4n) is 5.28. The van der Waals surface area contributed by atoms with Crippen molar-refractivity contribution in [2.75, 3.05) is 31.3 Å². The molecule has 5 atom stereocenters. The van der Waals surface area contributed by atoms with Gasteiger partial charge in [0.2, 0.25) is 0 Å². The Morgan fingerprint density at radius 1 is 1.10 bits per heavy atom. The normalized spacial score (nSPS) is 32.9. The molecule has 0 aromatic carbocycles. The van der Waals surface area contributed by atoms with Crippen molar-refractivity contribution in [2.24, 2.45) is 5.73 Å². The van der Waals surface area contributed by atoms with E-state index in [1.807, 2.05) is 4.57 Å². The van der Waals surface area contributed by atoms with Gasteiger partial charge in [-0.05, 0) is 25.7 Å². The maximum atomic E-state index is 10.8. The first-order chi connectivity index (χ1) is 14.5. The Hall–Kier alpha value is -1.23. The molecule has 2 aliphatic heterocycles. The van der Waals surface area contributed by atoms with Crippen molar-refractivity contribution < 1.29 is 20.1 Å². The molecule has 1 unspecified atom stereocenters. The molecule has 9 heteroatoms. The highest BCUT2D eigenvalue weighted by atomic mass is 16.6. The van der Waals surface area contributed by atoms with Gasteiger partial charge < -0.3 is 30.7 Å². The molecule has 1 aliphatic carbocycles. The number of ether oxygens (including phenoxy) is 1. The minimum Gasteiger partial charge on any atom is -0.394 e. The van der Waals surface area contributed by atoms with Crippen LogP contribution in [-0.4, -0.2) is 74.4 Å². The second-order valence-corrected chi connectivity index (χ2v) is 8.92. The van der Waals surface area contributed by atoms with E-state index in [1.165, 1.54) is 0 Å². The van der Waals surface area contributed by atoms with Crippen LogP contribution in [0.3, 0.4) is 0 Å². The summed E-state index contributed by atoms with van der Waals surface area (Å²) in [6, 6.07) is 0. The van der Waals surface area contributed by atoms with Gasteiger partial charge >= 0.3 is 0 Å². The highest BCUT2D eigenvalue weighted by Crippen LogP contribution is 2.44. The third-order valence-corrected chi connectivity index (χ3v) is 6.76. The molecule has 1 saturated carbocycles. The van der Waals surface area contributed by atoms with Gasteiger partial charge in [-0.25, -0.2) is 4.98 Å². The van der Waals surface area contributed by atoms with Crippen molar-refractivity contribution in [2.45, 2.75) is 89.0 Å². The quantitative estimate of drug-likeness (QED) is 0.513. The van der Waals surface area contributed by atoms with Crippen LogP contribution in [0, 0.1) is 0 Å². The van der Waals surface area contributed by atoms with E-state index in [0.717, 1.165) is 69.0 Å². The van der Waals surface area contributed by atoms with Gasteiger partial charge in [0.15, 0.2) is 6.23 Å². The minimum atomic E-state index is -1.14. The van der Waals surface area contributed by atoms with Crippen molar-refractivity contribution in [1.29, 1.82) is 0 Å². The first-order valence-corrected chi connectivity index (χ1v) is 11.5. The van der Waals surface area contributed by atoms with Gasteiger partial charge in [0, 0.05) is 19.0 Å². The highest BCUT2D eigenvalue weighted by molar-refractivity contribution is 5.51. The number of imidazole rings is 1. The molecule has 0 spiro atoms. The summed E-state index contributed by atoms with van der Waals surface area (Å²) < 4.78 is 7.97. The number of nitrogens with zero attached hydrogens (tertiary/aromatic N) is 4. The lowest BCUT2D eigenvalue weighted by molar-refractivity contribution is -0.0540. The van der Waals surface area contributed by atoms with Gasteiger partial charge in [0.05, 0.1) is 13.3 Å². The van der Waals surface area contributed by atoms with Crippen LogP contribution in [0.5, 0.6) is 0 Å². The van der Waals surface area contributed by atoms with Crippen molar-refractivity contribution in [1.82, 2.24) is 14.5 Å². The van der Waals surface area contributed by atoms with E-state index in [2.05, 4.69) is 23.6 Å². The molecule has 0 amide bonds. The van der Waals surface area contributed by atoms with E-state index in [4.69, 9.17) is 15.5 Å². The number of fused-ring (bicyclic) bond motifs is 1. The van der Waals surface area contributed by atoms with Crippen LogP contribution in [0.2, 0.25) is 0 Å². The van der Waals surface area contributed by atoms with Gasteiger partial charge in [-0.3, -0.25) is 9.47 Å². The summed E-state index contributed by atoms with van der Waals surface area (Å²) in [6.07, 6.45) is 2.21. The molecule has 1 aromatic rings. The number of nitrogens with two attached hydrogens (primary N) is 1. The standard InChI is InChI=1S/C21H37N5O4/c1-3-9-24-12-25(10-4-2)20-15(18(24)22)23-19(13-7-5-6-8-13)26(20)21-17(29)16(28)14(11-27)30-21/h13-14,16-18,21,27-29H,3-12,22H2,1-2H3/t14-,16-,17-,18?,21-/m1/s1. The lowest BCUT2D eigenvalue weighted by Crippen LogP contribution is -2.49. The Kier molecular flexibility index (Phi) is 6.67. The number of rotatable bonds is 7. The summed E-state index contributed by atoms with van der Waals surface area (Å²) in [6.45, 7) is 6.37. The van der Waals surface area contributed by atoms with Crippen molar-refractivity contribution >= 4 is 5.82 Å². The van der Waals surface area contributed by atoms with Crippen molar-refractivity contribution in [3.05, 3.63) is 11.5 Å². The summed E-state index contributed by atoms with van der Waals surface area (Å²) in [5, 5.41) is 30.8. The van der Waals surface area contributed by atoms with Crippen LogP contribution < -0.4 is 10.6 Å². The number of hydrogen-bond acceptors (Lipinski definition) is 8. The molecule has 4 rings (SSSR count). The van der Waals surface area contributed by atoms with Crippen molar-refractivity contribution in [3.63, 3.8) is 0 Å². The summed E-state index contributed by atoms with van der Waals surface area (Å²) >= 11 is 0. The predicted molar refractivity (Wildman–Crippen MR) is 113 cm³/mol. The zero-order valence-electron chi connectivity index (χ0n) is 18.2. The van der Waals surface area contributed by atoms with Crippen LogP contribution in [0.4, 0.5) is 5.82 Å². The van der Waals surface area contributed by atoms with Gasteiger partial charge in [-0.15, -0.1) is 0 Å². The second kappa shape index (κ2) is 9.10. The average molecular weight is 424 g/mol. The number of anilines is 1. The molecule has 170 valence electrons. The molecule has 3 heterocycles. The SMILES string of the molecule is CCCN1CN(CCC)C(N)c2nc(C3CCCC3)n([C@@H]3O[C@H](CO)[C@@H](O)[C@H]3O)c21. The fraction of sp³-hybridized carbons (Fsp3) is 0.857. The zero-order valence-corrected chi connectivity index (χ0v) is 18.2. The Labute approximate surface area is 178 Å². The van der Waals surface area contributed by atoms with E-state index in [1.54, 1.807) is 0 Å². The summed E-state index contributed by atoms with van der Waals surface area (Å²) in [5.74, 6) is 2.07. The van der Waals surface area contributed by atoms with E-state index in [9.17, 15) is 15.3 Å². The molecule has 0 bridgehead atoms. The summed E-state index contributed by atoms with van der Waals surface area (Å²) in [4.78, 5) is 9.57. The lowest BCUT2D eigenvalue weighted by atomic mass is 10.1. The summed E-state index contributed by atoms with van der Waals surface area (Å²) in [5.41, 5.74) is 7.48. The van der Waals surface area contributed by atoms with Gasteiger partial charge in [0.1, 0.15) is 41.8 Å². The van der Waals surface area contributed by atoms with E-state index in [-0.39, 0.29) is 18.7 Å². The Morgan fingerprint density at radius 3 is 2.40 bits per heavy atom. The maximum Gasteiger partial charge on any atom is 0.166 e. The topological polar surface area (TPSA) is 120 Å². The third-order valence-electron chi connectivity index (χ3n) is 6.76. The molecule has 3 aliphatic rings. The molecule has 2 fully saturated rings. The third kappa shape index (κ3) is 3.65. The fourth-order valence-corrected chi connectivity index (χ4v) is 5.28. The number of hydrogen-bond donors (Lipinski definition) is 4. The first kappa shape index (κ1) is 22.0. The van der Waals surface area contributed by atoms with Gasteiger partial charge in [0.25, 0.3) is 0 Å². The van der Waals surface area contributed by atoms with Crippen molar-refractivity contribution in [3.8, 4) is 0 Å². The Morgan fingerprint density at radius 2 is 1.80 bits per heavy atom. The zero-order chi connectivity index (χ0) is 21.4. The molecule has 0 radical (unpaired) electrons. The maximum absolute atomic E-state index is 10.8. The number of aliphatic hydroxyl groups is 3. The lowest BCUT2D eigenvalue weighted by Gasteiger charge is -2.41. The minimum absolute atomic E-state index is 0.284. The van der Waals surface area contributed by atoms with E-state index in [0.29, 0.717) is 6.67 Å². The highest BCUT2D eigenvalue weighted by Gasteiger charge is 2.47. The van der Waals surface area contributed by atoms with Crippen LogP contribution in [0.1, 0.15) is 82.2 Å². The number of aliphatic hydroxyl groups excluding tert-OH is 3. The first-order valence-electron chi connectivity index (χ1n) is 11.5. The van der Waals surface area contributed by atoms with Crippen LogP contribution in [0.25, 0.3) is 0 Å². The molecule has 5 N–H and O–H groups in total. The van der Waals surface area contributed by atoms with Gasteiger partial charge in [-0.1, -0.05) is 26.7 Å². The molecule has 1 aromatic heterocycles. The van der Waals surface area contributed by atoms with Crippen LogP contribution >= 0.6 is 0 Å². The number of aromatic nitrogens is 2. The molecule has 9 nitrogen and oxygen atoms in total. The predicted octanol–water partition coefficient (Wildman–Crippen LogP) is 1.01. The Bertz CT molecular complexity index is 722. The average Bonchev–Trinajstić information content (AvgIpc) is 3.45. The molecule has 1 saturated heterocycles.